The maximum absolute atomic E-state index is 12.1. The Bertz CT molecular complexity index is 841. The van der Waals surface area contributed by atoms with Gasteiger partial charge in [0.05, 0.1) is 18.0 Å². The number of fused-ring (bicyclic) bond motifs is 1. The van der Waals surface area contributed by atoms with Crippen molar-refractivity contribution in [3.63, 3.8) is 0 Å². The molecule has 118 valence electrons. The molecule has 1 N–H and O–H groups in total. The second-order valence-corrected chi connectivity index (χ2v) is 7.05. The van der Waals surface area contributed by atoms with E-state index in [4.69, 9.17) is 4.74 Å². The van der Waals surface area contributed by atoms with Crippen LogP contribution >= 0.6 is 0 Å². The summed E-state index contributed by atoms with van der Waals surface area (Å²) in [6.07, 6.45) is 1.16. The molecule has 2 atom stereocenters. The Hall–Kier alpha value is -2.29. The number of aromatic nitrogens is 2. The van der Waals surface area contributed by atoms with Crippen molar-refractivity contribution in [3.05, 3.63) is 40.4 Å². The number of benzene rings is 1. The molecule has 1 aliphatic heterocycles. The first-order valence-electron chi connectivity index (χ1n) is 6.66. The lowest BCUT2D eigenvalue weighted by Gasteiger charge is -2.39. The van der Waals surface area contributed by atoms with E-state index in [1.165, 1.54) is 4.31 Å². The van der Waals surface area contributed by atoms with Crippen molar-refractivity contribution < 1.29 is 17.7 Å². The molecule has 0 spiro atoms. The van der Waals surface area contributed by atoms with Gasteiger partial charge < -0.3 is 4.74 Å². The van der Waals surface area contributed by atoms with Crippen LogP contribution in [0.2, 0.25) is 0 Å². The molecule has 0 saturated heterocycles. The molecule has 0 bridgehead atoms. The van der Waals surface area contributed by atoms with Gasteiger partial charge in [-0.3, -0.25) is 8.83 Å². The van der Waals surface area contributed by atoms with Gasteiger partial charge in [-0.05, 0) is 23.7 Å². The Morgan fingerprint density at radius 3 is 2.77 bits per heavy atom. The number of sulfonamides is 1. The van der Waals surface area contributed by atoms with E-state index >= 15 is 0 Å². The zero-order valence-electron chi connectivity index (χ0n) is 12.0. The molecule has 8 nitrogen and oxygen atoms in total. The van der Waals surface area contributed by atoms with Gasteiger partial charge >= 0.3 is 11.8 Å². The summed E-state index contributed by atoms with van der Waals surface area (Å²) in [6, 6.07) is 6.73. The lowest BCUT2D eigenvalue weighted by Crippen LogP contribution is -2.51. The highest BCUT2D eigenvalue weighted by Gasteiger charge is 2.37. The van der Waals surface area contributed by atoms with Crippen LogP contribution in [0.15, 0.2) is 33.6 Å². The number of rotatable bonds is 3. The second-order valence-electron chi connectivity index (χ2n) is 5.19. The van der Waals surface area contributed by atoms with Gasteiger partial charge in [0.1, 0.15) is 6.10 Å². The van der Waals surface area contributed by atoms with Gasteiger partial charge in [0.2, 0.25) is 10.0 Å². The van der Waals surface area contributed by atoms with Crippen LogP contribution in [-0.4, -0.2) is 37.0 Å². The molecule has 2 heterocycles. The molecule has 0 saturated carbocycles. The Kier molecular flexibility index (Phi) is 3.44. The van der Waals surface area contributed by atoms with Crippen molar-refractivity contribution in [2.45, 2.75) is 25.5 Å². The first kappa shape index (κ1) is 14.6. The van der Waals surface area contributed by atoms with Crippen molar-refractivity contribution in [1.29, 1.82) is 0 Å². The predicted molar refractivity (Wildman–Crippen MR) is 78.5 cm³/mol. The number of hydrogen-bond acceptors (Lipinski definition) is 6. The van der Waals surface area contributed by atoms with Crippen molar-refractivity contribution in [2.24, 2.45) is 0 Å². The van der Waals surface area contributed by atoms with Gasteiger partial charge in [-0.25, -0.2) is 18.2 Å². The molecular formula is C13H15N3O5S. The number of ether oxygens (including phenoxy) is 1. The molecule has 0 radical (unpaired) electrons. The first-order chi connectivity index (χ1) is 10.4. The molecule has 2 aromatic rings. The standard InChI is InChI=1S/C13H15N3O5S/c1-8-11(20-12-14-13(17)21-15-12)7-9-5-3-4-6-10(9)16(8)22(2,18)19/h3-6,8,11H,7H2,1-2H3,(H,14,15,17)/t8-,11-/m1/s1. The summed E-state index contributed by atoms with van der Waals surface area (Å²) in [5, 5.41) is 3.45. The summed E-state index contributed by atoms with van der Waals surface area (Å²) in [4.78, 5) is 13.3. The van der Waals surface area contributed by atoms with Gasteiger partial charge in [0.15, 0.2) is 0 Å². The lowest BCUT2D eigenvalue weighted by molar-refractivity contribution is 0.153. The predicted octanol–water partition coefficient (Wildman–Crippen LogP) is 0.521. The average molecular weight is 325 g/mol. The van der Waals surface area contributed by atoms with E-state index in [2.05, 4.69) is 14.7 Å². The summed E-state index contributed by atoms with van der Waals surface area (Å²) >= 11 is 0. The van der Waals surface area contributed by atoms with E-state index < -0.39 is 27.9 Å². The number of nitrogens with one attached hydrogen (secondary N) is 1. The number of aromatic amines is 1. The van der Waals surface area contributed by atoms with Crippen LogP contribution in [0.25, 0.3) is 0 Å². The lowest BCUT2D eigenvalue weighted by atomic mass is 9.96. The zero-order valence-corrected chi connectivity index (χ0v) is 12.8. The fourth-order valence-electron chi connectivity index (χ4n) is 2.69. The minimum atomic E-state index is -3.47. The molecule has 22 heavy (non-hydrogen) atoms. The SMILES string of the molecule is C[C@@H]1[C@H](Oc2noc(=O)[nH]2)Cc2ccccc2N1S(C)(=O)=O. The molecular weight excluding hydrogens is 310 g/mol. The summed E-state index contributed by atoms with van der Waals surface area (Å²) < 4.78 is 35.6. The van der Waals surface area contributed by atoms with Crippen LogP contribution < -0.4 is 14.8 Å². The fraction of sp³-hybridized carbons (Fsp3) is 0.385. The normalized spacial score (nSPS) is 21.5. The van der Waals surface area contributed by atoms with Gasteiger partial charge in [0.25, 0.3) is 0 Å². The molecule has 0 unspecified atom stereocenters. The summed E-state index contributed by atoms with van der Waals surface area (Å²) in [6.45, 7) is 1.75. The van der Waals surface area contributed by atoms with E-state index in [1.807, 2.05) is 12.1 Å². The van der Waals surface area contributed by atoms with Crippen LogP contribution in [0, 0.1) is 0 Å². The highest BCUT2D eigenvalue weighted by molar-refractivity contribution is 7.92. The number of anilines is 1. The number of nitrogens with zero attached hydrogens (tertiary/aromatic N) is 2. The molecule has 9 heteroatoms. The van der Waals surface area contributed by atoms with Crippen molar-refractivity contribution in [3.8, 4) is 6.01 Å². The number of hydrogen-bond donors (Lipinski definition) is 1. The van der Waals surface area contributed by atoms with Crippen LogP contribution in [0.5, 0.6) is 6.01 Å². The Balaban J connectivity index is 1.99. The summed E-state index contributed by atoms with van der Waals surface area (Å²) in [7, 11) is -3.47. The third kappa shape index (κ3) is 2.59. The van der Waals surface area contributed by atoms with Gasteiger partial charge in [-0.1, -0.05) is 18.2 Å². The molecule has 0 amide bonds. The Morgan fingerprint density at radius 2 is 2.14 bits per heavy atom. The molecule has 1 aromatic carbocycles. The summed E-state index contributed by atoms with van der Waals surface area (Å²) in [5.74, 6) is -0.723. The molecule has 3 rings (SSSR count). The van der Waals surface area contributed by atoms with Gasteiger partial charge in [0, 0.05) is 6.42 Å². The van der Waals surface area contributed by atoms with Crippen molar-refractivity contribution in [1.82, 2.24) is 10.1 Å². The van der Waals surface area contributed by atoms with Gasteiger partial charge in [-0.2, -0.15) is 0 Å². The fourth-order valence-corrected chi connectivity index (χ4v) is 3.96. The molecule has 0 fully saturated rings. The van der Waals surface area contributed by atoms with Crippen LogP contribution in [0.4, 0.5) is 5.69 Å². The van der Waals surface area contributed by atoms with E-state index in [9.17, 15) is 13.2 Å². The molecule has 0 aliphatic carbocycles. The molecule has 1 aliphatic rings. The second kappa shape index (κ2) is 5.16. The maximum Gasteiger partial charge on any atom is 0.441 e. The number of para-hydroxylation sites is 1. The van der Waals surface area contributed by atoms with E-state index in [-0.39, 0.29) is 6.01 Å². The topological polar surface area (TPSA) is 106 Å². The third-order valence-electron chi connectivity index (χ3n) is 3.60. The van der Waals surface area contributed by atoms with Crippen LogP contribution in [0.3, 0.4) is 0 Å². The Labute approximate surface area is 126 Å². The maximum atomic E-state index is 12.1. The van der Waals surface area contributed by atoms with Gasteiger partial charge in [-0.15, -0.1) is 0 Å². The van der Waals surface area contributed by atoms with Crippen LogP contribution in [-0.2, 0) is 16.4 Å². The highest BCUT2D eigenvalue weighted by Crippen LogP contribution is 2.33. The quantitative estimate of drug-likeness (QED) is 0.882. The largest absolute Gasteiger partial charge is 0.457 e. The highest BCUT2D eigenvalue weighted by atomic mass is 32.2. The third-order valence-corrected chi connectivity index (χ3v) is 4.84. The smallest absolute Gasteiger partial charge is 0.441 e. The van der Waals surface area contributed by atoms with Crippen LogP contribution in [0.1, 0.15) is 12.5 Å². The summed E-state index contributed by atoms with van der Waals surface area (Å²) in [5.41, 5.74) is 1.49. The van der Waals surface area contributed by atoms with Crippen molar-refractivity contribution in [2.75, 3.05) is 10.6 Å². The minimum Gasteiger partial charge on any atom is -0.457 e. The van der Waals surface area contributed by atoms with Crippen molar-refractivity contribution >= 4 is 15.7 Å². The zero-order chi connectivity index (χ0) is 15.9. The monoisotopic (exact) mass is 325 g/mol. The van der Waals surface area contributed by atoms with E-state index in [1.54, 1.807) is 19.1 Å². The Morgan fingerprint density at radius 1 is 1.41 bits per heavy atom. The average Bonchev–Trinajstić information content (AvgIpc) is 2.83. The number of H-pyrrole nitrogens is 1. The first-order valence-corrected chi connectivity index (χ1v) is 8.51. The van der Waals surface area contributed by atoms with E-state index in [0.717, 1.165) is 11.8 Å². The molecule has 1 aromatic heterocycles. The van der Waals surface area contributed by atoms with E-state index in [0.29, 0.717) is 12.1 Å². The minimum absolute atomic E-state index is 0.0605.